The van der Waals surface area contributed by atoms with E-state index >= 15 is 0 Å². The van der Waals surface area contributed by atoms with Crippen molar-refractivity contribution >= 4 is 20.2 Å². The Kier molecular flexibility index (Phi) is 5.97. The predicted molar refractivity (Wildman–Crippen MR) is 75.4 cm³/mol. The molecule has 6 nitrogen and oxygen atoms in total. The van der Waals surface area contributed by atoms with E-state index in [0.29, 0.717) is 12.0 Å². The molecule has 0 spiro atoms. The van der Waals surface area contributed by atoms with Gasteiger partial charge >= 0.3 is 10.1 Å². The van der Waals surface area contributed by atoms with Crippen LogP contribution in [-0.4, -0.2) is 29.7 Å². The first kappa shape index (κ1) is 16.9. The van der Waals surface area contributed by atoms with Crippen molar-refractivity contribution in [3.63, 3.8) is 0 Å². The van der Waals surface area contributed by atoms with Crippen LogP contribution in [0.2, 0.25) is 0 Å². The molecular formula is C12H18O6S2. The van der Waals surface area contributed by atoms with Crippen LogP contribution in [0.3, 0.4) is 0 Å². The lowest BCUT2D eigenvalue weighted by atomic mass is 10.2. The van der Waals surface area contributed by atoms with Crippen molar-refractivity contribution in [3.8, 4) is 5.75 Å². The second-order valence-electron chi connectivity index (χ2n) is 4.31. The van der Waals surface area contributed by atoms with Gasteiger partial charge in [-0.3, -0.25) is 4.18 Å². The highest BCUT2D eigenvalue weighted by molar-refractivity contribution is 7.86. The molecule has 0 unspecified atom stereocenters. The normalized spacial score (nSPS) is 12.3. The van der Waals surface area contributed by atoms with Crippen LogP contribution in [0.15, 0.2) is 24.3 Å². The third-order valence-electron chi connectivity index (χ3n) is 2.25. The number of hydrogen-bond acceptors (Lipinski definition) is 6. The molecular weight excluding hydrogens is 304 g/mol. The van der Waals surface area contributed by atoms with Crippen LogP contribution in [0.4, 0.5) is 0 Å². The fourth-order valence-electron chi connectivity index (χ4n) is 1.44. The predicted octanol–water partition coefficient (Wildman–Crippen LogP) is 1.67. The van der Waals surface area contributed by atoms with E-state index in [-0.39, 0.29) is 18.1 Å². The Morgan fingerprint density at radius 2 is 1.85 bits per heavy atom. The SMILES string of the molecule is CCCCOS(=O)(=O)Cc1cccc(OS(C)(=O)=O)c1. The van der Waals surface area contributed by atoms with Gasteiger partial charge in [0.1, 0.15) is 11.5 Å². The number of unbranched alkanes of at least 4 members (excludes halogenated alkanes) is 1. The summed E-state index contributed by atoms with van der Waals surface area (Å²) in [6, 6.07) is 5.89. The summed E-state index contributed by atoms with van der Waals surface area (Å²) < 4.78 is 54.9. The zero-order valence-electron chi connectivity index (χ0n) is 11.4. The summed E-state index contributed by atoms with van der Waals surface area (Å²) in [7, 11) is -7.31. The molecule has 0 bridgehead atoms. The van der Waals surface area contributed by atoms with Crippen molar-refractivity contribution in [1.29, 1.82) is 0 Å². The molecule has 0 saturated heterocycles. The maximum Gasteiger partial charge on any atom is 0.306 e. The lowest BCUT2D eigenvalue weighted by Gasteiger charge is -2.07. The smallest absolute Gasteiger partial charge is 0.306 e. The van der Waals surface area contributed by atoms with E-state index in [1.165, 1.54) is 18.2 Å². The Morgan fingerprint density at radius 1 is 1.15 bits per heavy atom. The van der Waals surface area contributed by atoms with Crippen LogP contribution in [-0.2, 0) is 30.2 Å². The average molecular weight is 322 g/mol. The lowest BCUT2D eigenvalue weighted by Crippen LogP contribution is -2.10. The molecule has 1 aromatic rings. The second-order valence-corrected chi connectivity index (χ2v) is 7.53. The van der Waals surface area contributed by atoms with Gasteiger partial charge in [0.25, 0.3) is 10.1 Å². The van der Waals surface area contributed by atoms with Crippen LogP contribution in [0.5, 0.6) is 5.75 Å². The first-order valence-electron chi connectivity index (χ1n) is 6.07. The van der Waals surface area contributed by atoms with E-state index in [9.17, 15) is 16.8 Å². The van der Waals surface area contributed by atoms with Crippen LogP contribution in [0.1, 0.15) is 25.3 Å². The largest absolute Gasteiger partial charge is 0.383 e. The van der Waals surface area contributed by atoms with Crippen molar-refractivity contribution in [1.82, 2.24) is 0 Å². The van der Waals surface area contributed by atoms with Crippen molar-refractivity contribution in [3.05, 3.63) is 29.8 Å². The first-order chi connectivity index (χ1) is 9.22. The highest BCUT2D eigenvalue weighted by Crippen LogP contribution is 2.17. The molecule has 0 aliphatic heterocycles. The summed E-state index contributed by atoms with van der Waals surface area (Å²) >= 11 is 0. The Balaban J connectivity index is 2.75. The molecule has 1 rings (SSSR count). The van der Waals surface area contributed by atoms with Gasteiger partial charge < -0.3 is 4.18 Å². The van der Waals surface area contributed by atoms with E-state index in [1.54, 1.807) is 6.07 Å². The number of rotatable bonds is 8. The van der Waals surface area contributed by atoms with Gasteiger partial charge in [0, 0.05) is 0 Å². The highest BCUT2D eigenvalue weighted by atomic mass is 32.2. The molecule has 0 aromatic heterocycles. The lowest BCUT2D eigenvalue weighted by molar-refractivity contribution is 0.310. The average Bonchev–Trinajstić information content (AvgIpc) is 2.26. The Morgan fingerprint density at radius 3 is 2.45 bits per heavy atom. The van der Waals surface area contributed by atoms with Crippen molar-refractivity contribution in [2.45, 2.75) is 25.5 Å². The zero-order chi connectivity index (χ0) is 15.2. The molecule has 0 radical (unpaired) electrons. The molecule has 0 heterocycles. The number of benzene rings is 1. The molecule has 1 aromatic carbocycles. The standard InChI is InChI=1S/C12H18O6S2/c1-3-4-8-17-20(15,16)10-11-6-5-7-12(9-11)18-19(2,13)14/h5-7,9H,3-4,8,10H2,1-2H3. The van der Waals surface area contributed by atoms with Crippen LogP contribution in [0, 0.1) is 0 Å². The minimum Gasteiger partial charge on any atom is -0.383 e. The van der Waals surface area contributed by atoms with E-state index < -0.39 is 20.2 Å². The Bertz CT molecular complexity index is 634. The zero-order valence-corrected chi connectivity index (χ0v) is 13.0. The monoisotopic (exact) mass is 322 g/mol. The molecule has 0 N–H and O–H groups in total. The summed E-state index contributed by atoms with van der Waals surface area (Å²) in [5.74, 6) is -0.244. The van der Waals surface area contributed by atoms with Gasteiger partial charge in [-0.25, -0.2) is 0 Å². The molecule has 114 valence electrons. The van der Waals surface area contributed by atoms with Crippen LogP contribution in [0.25, 0.3) is 0 Å². The summed E-state index contributed by atoms with van der Waals surface area (Å²) in [6.07, 6.45) is 2.42. The van der Waals surface area contributed by atoms with Crippen molar-refractivity contribution in [2.24, 2.45) is 0 Å². The fourth-order valence-corrected chi connectivity index (χ4v) is 2.93. The molecule has 0 saturated carbocycles. The third-order valence-corrected chi connectivity index (χ3v) is 3.96. The molecule has 0 amide bonds. The Labute approximate surface area is 120 Å². The summed E-state index contributed by atoms with van der Waals surface area (Å²) in [5.41, 5.74) is 0.405. The summed E-state index contributed by atoms with van der Waals surface area (Å²) in [6.45, 7) is 2.08. The fraction of sp³-hybridized carbons (Fsp3) is 0.500. The van der Waals surface area contributed by atoms with Crippen LogP contribution >= 0.6 is 0 Å². The van der Waals surface area contributed by atoms with Gasteiger partial charge in [0.2, 0.25) is 0 Å². The second kappa shape index (κ2) is 7.05. The molecule has 0 fully saturated rings. The van der Waals surface area contributed by atoms with Gasteiger partial charge in [0.15, 0.2) is 0 Å². The molecule has 0 atom stereocenters. The van der Waals surface area contributed by atoms with Gasteiger partial charge in [0.05, 0.1) is 12.9 Å². The maximum atomic E-state index is 11.7. The first-order valence-corrected chi connectivity index (χ1v) is 9.47. The van der Waals surface area contributed by atoms with E-state index in [1.807, 2.05) is 6.92 Å². The molecule has 20 heavy (non-hydrogen) atoms. The van der Waals surface area contributed by atoms with Gasteiger partial charge in [-0.2, -0.15) is 16.8 Å². The molecule has 0 aliphatic rings. The van der Waals surface area contributed by atoms with E-state index in [0.717, 1.165) is 12.7 Å². The molecule has 0 aliphatic carbocycles. The topological polar surface area (TPSA) is 86.7 Å². The molecule has 8 heteroatoms. The third kappa shape index (κ3) is 6.88. The maximum absolute atomic E-state index is 11.7. The van der Waals surface area contributed by atoms with Crippen molar-refractivity contribution < 1.29 is 25.2 Å². The van der Waals surface area contributed by atoms with Gasteiger partial charge in [-0.15, -0.1) is 0 Å². The quantitative estimate of drug-likeness (QED) is 0.534. The van der Waals surface area contributed by atoms with E-state index in [4.69, 9.17) is 8.37 Å². The van der Waals surface area contributed by atoms with Crippen LogP contribution < -0.4 is 4.18 Å². The summed E-state index contributed by atoms with van der Waals surface area (Å²) in [5, 5.41) is 0. The van der Waals surface area contributed by atoms with Gasteiger partial charge in [-0.1, -0.05) is 25.5 Å². The van der Waals surface area contributed by atoms with Gasteiger partial charge in [-0.05, 0) is 24.1 Å². The highest BCUT2D eigenvalue weighted by Gasteiger charge is 2.13. The Hall–Kier alpha value is -1.12. The summed E-state index contributed by atoms with van der Waals surface area (Å²) in [4.78, 5) is 0. The minimum atomic E-state index is -3.67. The van der Waals surface area contributed by atoms with Crippen molar-refractivity contribution in [2.75, 3.05) is 12.9 Å². The number of hydrogen-bond donors (Lipinski definition) is 0. The van der Waals surface area contributed by atoms with E-state index in [2.05, 4.69) is 0 Å². The minimum absolute atomic E-state index is 0.0776.